The Morgan fingerprint density at radius 2 is 1.62 bits per heavy atom. The third kappa shape index (κ3) is 4.67. The summed E-state index contributed by atoms with van der Waals surface area (Å²) in [5.74, 6) is -1.69. The van der Waals surface area contributed by atoms with Crippen LogP contribution in [0.3, 0.4) is 0 Å². The van der Waals surface area contributed by atoms with Gasteiger partial charge in [0.25, 0.3) is 0 Å². The predicted octanol–water partition coefficient (Wildman–Crippen LogP) is 3.58. The number of piperidine rings is 1. The summed E-state index contributed by atoms with van der Waals surface area (Å²) in [7, 11) is 0. The summed E-state index contributed by atoms with van der Waals surface area (Å²) in [4.78, 5) is 8.38. The molecule has 1 spiro atoms. The monoisotopic (exact) mass is 471 g/mol. The number of halogens is 3. The van der Waals surface area contributed by atoms with Gasteiger partial charge in [0, 0.05) is 43.5 Å². The van der Waals surface area contributed by atoms with Crippen LogP contribution >= 0.6 is 0 Å². The van der Waals surface area contributed by atoms with Gasteiger partial charge in [0.15, 0.2) is 0 Å². The summed E-state index contributed by atoms with van der Waals surface area (Å²) < 4.78 is 43.0. The van der Waals surface area contributed by atoms with Crippen LogP contribution in [0.25, 0.3) is 0 Å². The normalized spacial score (nSPS) is 20.1. The molecule has 5 rings (SSSR count). The largest absolute Gasteiger partial charge is 0.382 e. The zero-order valence-electron chi connectivity index (χ0n) is 18.9. The minimum absolute atomic E-state index is 0.0113. The minimum Gasteiger partial charge on any atom is -0.382 e. The Hall–Kier alpha value is -2.91. The summed E-state index contributed by atoms with van der Waals surface area (Å²) in [6, 6.07) is 9.89. The van der Waals surface area contributed by atoms with Gasteiger partial charge in [0.1, 0.15) is 35.7 Å². The molecule has 0 radical (unpaired) electrons. The van der Waals surface area contributed by atoms with Crippen LogP contribution in [0.2, 0.25) is 0 Å². The zero-order chi connectivity index (χ0) is 23.8. The highest BCUT2D eigenvalue weighted by Gasteiger charge is 2.44. The third-order valence-corrected chi connectivity index (χ3v) is 7.34. The summed E-state index contributed by atoms with van der Waals surface area (Å²) in [6.07, 6.45) is 5.82. The predicted molar refractivity (Wildman–Crippen MR) is 122 cm³/mol. The molecule has 6 nitrogen and oxygen atoms in total. The van der Waals surface area contributed by atoms with E-state index < -0.39 is 17.2 Å². The molecule has 0 bridgehead atoms. The summed E-state index contributed by atoms with van der Waals surface area (Å²) in [6.45, 7) is 3.58. The van der Waals surface area contributed by atoms with Crippen LogP contribution in [0, 0.1) is 22.9 Å². The van der Waals surface area contributed by atoms with E-state index in [4.69, 9.17) is 0 Å². The molecule has 0 saturated carbocycles. The molecule has 3 aromatic rings. The molecule has 2 fully saturated rings. The average molecular weight is 472 g/mol. The van der Waals surface area contributed by atoms with E-state index in [9.17, 15) is 18.3 Å². The van der Waals surface area contributed by atoms with Crippen LogP contribution in [0.15, 0.2) is 55.1 Å². The SMILES string of the molecule is OC(CN1CCC2(CCN(c3ccc(F)cc3)CC2)C1)(Cn1cncn1)c1ccc(F)cc1F. The van der Waals surface area contributed by atoms with Crippen molar-refractivity contribution in [1.29, 1.82) is 0 Å². The van der Waals surface area contributed by atoms with Crippen LogP contribution < -0.4 is 4.90 Å². The van der Waals surface area contributed by atoms with E-state index in [0.29, 0.717) is 0 Å². The number of rotatable bonds is 6. The van der Waals surface area contributed by atoms with Gasteiger partial charge in [-0.05, 0) is 61.6 Å². The Morgan fingerprint density at radius 1 is 0.912 bits per heavy atom. The summed E-state index contributed by atoms with van der Waals surface area (Å²) in [5, 5.41) is 15.7. The second-order valence-corrected chi connectivity index (χ2v) is 9.67. The average Bonchev–Trinajstić information content (AvgIpc) is 3.45. The molecular formula is C25H28F3N5O. The van der Waals surface area contributed by atoms with Crippen LogP contribution in [0.5, 0.6) is 0 Å². The number of nitrogens with zero attached hydrogens (tertiary/aromatic N) is 5. The van der Waals surface area contributed by atoms with Crippen molar-refractivity contribution < 1.29 is 18.3 Å². The molecule has 2 saturated heterocycles. The van der Waals surface area contributed by atoms with Crippen LogP contribution in [0.4, 0.5) is 18.9 Å². The molecule has 3 heterocycles. The van der Waals surface area contributed by atoms with Crippen LogP contribution in [0.1, 0.15) is 24.8 Å². The first kappa shape index (κ1) is 22.9. The molecule has 180 valence electrons. The fourth-order valence-corrected chi connectivity index (χ4v) is 5.50. The van der Waals surface area contributed by atoms with E-state index in [1.165, 1.54) is 41.6 Å². The topological polar surface area (TPSA) is 57.4 Å². The van der Waals surface area contributed by atoms with Gasteiger partial charge in [-0.15, -0.1) is 0 Å². The number of anilines is 1. The van der Waals surface area contributed by atoms with Crippen molar-refractivity contribution in [3.05, 3.63) is 78.1 Å². The number of likely N-dealkylation sites (tertiary alicyclic amines) is 1. The van der Waals surface area contributed by atoms with Crippen LogP contribution in [-0.4, -0.2) is 57.5 Å². The lowest BCUT2D eigenvalue weighted by Crippen LogP contribution is -2.46. The molecule has 0 amide bonds. The van der Waals surface area contributed by atoms with Crippen molar-refractivity contribution in [2.24, 2.45) is 5.41 Å². The first-order valence-corrected chi connectivity index (χ1v) is 11.6. The number of hydrogen-bond donors (Lipinski definition) is 1. The molecule has 2 aliphatic rings. The lowest BCUT2D eigenvalue weighted by molar-refractivity contribution is -0.0192. The van der Waals surface area contributed by atoms with Crippen molar-refractivity contribution in [3.8, 4) is 0 Å². The van der Waals surface area contributed by atoms with Gasteiger partial charge < -0.3 is 10.0 Å². The molecule has 1 N–H and O–H groups in total. The van der Waals surface area contributed by atoms with Gasteiger partial charge in [-0.3, -0.25) is 4.90 Å². The number of β-amino-alcohol motifs (C(OH)–C–C–N with tert-alkyl or cyclic N) is 1. The molecule has 9 heteroatoms. The first-order chi connectivity index (χ1) is 16.3. The second-order valence-electron chi connectivity index (χ2n) is 9.67. The molecule has 0 aliphatic carbocycles. The van der Waals surface area contributed by atoms with Gasteiger partial charge in [-0.1, -0.05) is 6.07 Å². The number of aliphatic hydroxyl groups is 1. The third-order valence-electron chi connectivity index (χ3n) is 7.34. The molecular weight excluding hydrogens is 443 g/mol. The van der Waals surface area contributed by atoms with Gasteiger partial charge in [0.2, 0.25) is 0 Å². The first-order valence-electron chi connectivity index (χ1n) is 11.6. The van der Waals surface area contributed by atoms with Gasteiger partial charge in [-0.25, -0.2) is 22.8 Å². The van der Waals surface area contributed by atoms with Gasteiger partial charge in [0.05, 0.1) is 6.54 Å². The van der Waals surface area contributed by atoms with Crippen LogP contribution in [-0.2, 0) is 12.1 Å². The van der Waals surface area contributed by atoms with Crippen molar-refractivity contribution in [2.75, 3.05) is 37.6 Å². The zero-order valence-corrected chi connectivity index (χ0v) is 18.9. The lowest BCUT2D eigenvalue weighted by Gasteiger charge is -2.41. The Labute approximate surface area is 196 Å². The van der Waals surface area contributed by atoms with Crippen molar-refractivity contribution in [2.45, 2.75) is 31.4 Å². The van der Waals surface area contributed by atoms with Gasteiger partial charge >= 0.3 is 0 Å². The summed E-state index contributed by atoms with van der Waals surface area (Å²) in [5.41, 5.74) is -0.380. The smallest absolute Gasteiger partial charge is 0.137 e. The van der Waals surface area contributed by atoms with Crippen molar-refractivity contribution in [3.63, 3.8) is 0 Å². The molecule has 2 aliphatic heterocycles. The van der Waals surface area contributed by atoms with E-state index >= 15 is 0 Å². The van der Waals surface area contributed by atoms with E-state index in [0.717, 1.165) is 57.2 Å². The Morgan fingerprint density at radius 3 is 2.29 bits per heavy atom. The van der Waals surface area contributed by atoms with E-state index in [1.807, 2.05) is 12.1 Å². The fourth-order valence-electron chi connectivity index (χ4n) is 5.50. The Bertz CT molecular complexity index is 1120. The van der Waals surface area contributed by atoms with E-state index in [1.54, 1.807) is 0 Å². The van der Waals surface area contributed by atoms with Crippen molar-refractivity contribution in [1.82, 2.24) is 19.7 Å². The highest BCUT2D eigenvalue weighted by molar-refractivity contribution is 5.46. The van der Waals surface area contributed by atoms with E-state index in [-0.39, 0.29) is 29.9 Å². The molecule has 1 unspecified atom stereocenters. The highest BCUT2D eigenvalue weighted by atomic mass is 19.1. The van der Waals surface area contributed by atoms with E-state index in [2.05, 4.69) is 19.9 Å². The maximum Gasteiger partial charge on any atom is 0.137 e. The van der Waals surface area contributed by atoms with Crippen molar-refractivity contribution >= 4 is 5.69 Å². The Balaban J connectivity index is 1.29. The number of hydrogen-bond acceptors (Lipinski definition) is 5. The quantitative estimate of drug-likeness (QED) is 0.596. The van der Waals surface area contributed by atoms with Gasteiger partial charge in [-0.2, -0.15) is 5.10 Å². The molecule has 1 aromatic heterocycles. The molecule has 2 aromatic carbocycles. The minimum atomic E-state index is -1.59. The maximum atomic E-state index is 14.7. The molecule has 34 heavy (non-hydrogen) atoms. The number of aromatic nitrogens is 3. The highest BCUT2D eigenvalue weighted by Crippen LogP contribution is 2.42. The summed E-state index contributed by atoms with van der Waals surface area (Å²) >= 11 is 0. The fraction of sp³-hybridized carbons (Fsp3) is 0.440. The second kappa shape index (κ2) is 9.03. The molecule has 1 atom stereocenters. The number of benzene rings is 2. The Kier molecular flexibility index (Phi) is 6.07. The maximum absolute atomic E-state index is 14.7. The lowest BCUT2D eigenvalue weighted by atomic mass is 9.77. The standard InChI is InChI=1S/C25H28F3N5O/c26-19-1-4-21(5-2-19)32-11-8-24(9-12-32)7-10-31(14-24)15-25(34,16-33-18-29-17-30-33)22-6-3-20(27)13-23(22)28/h1-6,13,17-18,34H,7-12,14-16H2.